The molecule has 1 N–H and O–H groups in total. The number of rotatable bonds is 1. The average Bonchev–Trinajstić information content (AvgIpc) is 2.82. The van der Waals surface area contributed by atoms with Crippen LogP contribution in [0.15, 0.2) is 58.3 Å². The van der Waals surface area contributed by atoms with Gasteiger partial charge in [-0.25, -0.2) is 14.5 Å². The molecule has 1 aromatic heterocycles. The van der Waals surface area contributed by atoms with E-state index in [1.165, 1.54) is 0 Å². The maximum absolute atomic E-state index is 12.1. The zero-order valence-corrected chi connectivity index (χ0v) is 12.2. The van der Waals surface area contributed by atoms with Crippen LogP contribution in [0.2, 0.25) is 5.02 Å². The molecule has 0 fully saturated rings. The average molecular weight is 311 g/mol. The zero-order valence-electron chi connectivity index (χ0n) is 11.5. The molecular weight excluding hydrogens is 300 g/mol. The number of H-pyrrole nitrogens is 1. The zero-order chi connectivity index (χ0) is 15.1. The number of hydrogen-bond donors (Lipinski definition) is 1. The first kappa shape index (κ1) is 13.0. The Hall–Kier alpha value is -2.66. The van der Waals surface area contributed by atoms with Gasteiger partial charge in [-0.1, -0.05) is 48.0 Å². The highest BCUT2D eigenvalue weighted by Gasteiger charge is 2.21. The largest absolute Gasteiger partial charge is 0.348 e. The van der Waals surface area contributed by atoms with E-state index < -0.39 is 0 Å². The van der Waals surface area contributed by atoms with Gasteiger partial charge in [0.05, 0.1) is 11.4 Å². The third kappa shape index (κ3) is 1.90. The van der Waals surface area contributed by atoms with Crippen LogP contribution in [0.3, 0.4) is 0 Å². The monoisotopic (exact) mass is 310 g/mol. The standard InChI is InChI=1S/C16H11ClN4O/c17-12-7-3-1-5-10(12)15-11-6-2-4-8-13(11)21-14(9-18-15)19-20-16(21)22/h1-8H,9H2,(H,20,22). The minimum Gasteiger partial charge on any atom is -0.276 e. The Morgan fingerprint density at radius 3 is 2.59 bits per heavy atom. The Balaban J connectivity index is 2.03. The SMILES string of the molecule is O=c1[nH]nc2n1-c1ccccc1C(c1ccccc1Cl)=NC2. The number of fused-ring (bicyclic) bond motifs is 3. The predicted molar refractivity (Wildman–Crippen MR) is 85.0 cm³/mol. The van der Waals surface area contributed by atoms with Crippen LogP contribution in [-0.4, -0.2) is 20.5 Å². The van der Waals surface area contributed by atoms with Crippen molar-refractivity contribution in [1.29, 1.82) is 0 Å². The summed E-state index contributed by atoms with van der Waals surface area (Å²) in [4.78, 5) is 16.7. The maximum atomic E-state index is 12.1. The van der Waals surface area contributed by atoms with Gasteiger partial charge in [-0.2, -0.15) is 5.10 Å². The van der Waals surface area contributed by atoms with Gasteiger partial charge in [0.25, 0.3) is 0 Å². The highest BCUT2D eigenvalue weighted by molar-refractivity contribution is 6.35. The molecule has 0 radical (unpaired) electrons. The minimum atomic E-state index is -0.266. The number of halogens is 1. The molecule has 3 aromatic rings. The van der Waals surface area contributed by atoms with Crippen LogP contribution >= 0.6 is 11.6 Å². The van der Waals surface area contributed by atoms with Crippen molar-refractivity contribution < 1.29 is 0 Å². The summed E-state index contributed by atoms with van der Waals surface area (Å²) in [5, 5.41) is 7.16. The fraction of sp³-hybridized carbons (Fsp3) is 0.0625. The van der Waals surface area contributed by atoms with E-state index in [-0.39, 0.29) is 5.69 Å². The van der Waals surface area contributed by atoms with E-state index in [4.69, 9.17) is 11.6 Å². The maximum Gasteiger partial charge on any atom is 0.348 e. The van der Waals surface area contributed by atoms with Gasteiger partial charge < -0.3 is 0 Å². The van der Waals surface area contributed by atoms with Crippen LogP contribution in [0.4, 0.5) is 0 Å². The van der Waals surface area contributed by atoms with E-state index in [0.717, 1.165) is 22.5 Å². The van der Waals surface area contributed by atoms with Crippen LogP contribution in [0.5, 0.6) is 0 Å². The van der Waals surface area contributed by atoms with Crippen molar-refractivity contribution >= 4 is 17.3 Å². The van der Waals surface area contributed by atoms with Gasteiger partial charge in [-0.15, -0.1) is 0 Å². The second-order valence-corrected chi connectivity index (χ2v) is 5.35. The van der Waals surface area contributed by atoms with Crippen LogP contribution < -0.4 is 5.69 Å². The first-order valence-corrected chi connectivity index (χ1v) is 7.19. The molecule has 2 heterocycles. The van der Waals surface area contributed by atoms with Gasteiger partial charge >= 0.3 is 5.69 Å². The van der Waals surface area contributed by atoms with Crippen molar-refractivity contribution in [2.75, 3.05) is 0 Å². The Morgan fingerprint density at radius 2 is 1.77 bits per heavy atom. The number of nitrogens with one attached hydrogen (secondary N) is 1. The molecule has 0 bridgehead atoms. The van der Waals surface area contributed by atoms with Crippen molar-refractivity contribution in [3.8, 4) is 5.69 Å². The van der Waals surface area contributed by atoms with Crippen molar-refractivity contribution in [3.63, 3.8) is 0 Å². The van der Waals surface area contributed by atoms with E-state index in [0.29, 0.717) is 17.4 Å². The van der Waals surface area contributed by atoms with Crippen LogP contribution in [0.1, 0.15) is 17.0 Å². The molecule has 0 saturated heterocycles. The summed E-state index contributed by atoms with van der Waals surface area (Å²) in [7, 11) is 0. The van der Waals surface area contributed by atoms with E-state index in [2.05, 4.69) is 15.2 Å². The van der Waals surface area contributed by atoms with Crippen molar-refractivity contribution in [2.24, 2.45) is 4.99 Å². The van der Waals surface area contributed by atoms with E-state index in [1.54, 1.807) is 4.57 Å². The van der Waals surface area contributed by atoms with E-state index in [9.17, 15) is 4.79 Å². The molecule has 0 atom stereocenters. The third-order valence-corrected chi connectivity index (χ3v) is 3.98. The third-order valence-electron chi connectivity index (χ3n) is 3.65. The molecule has 0 aliphatic carbocycles. The molecule has 0 unspecified atom stereocenters. The number of aliphatic imine (C=N–C) groups is 1. The van der Waals surface area contributed by atoms with E-state index in [1.807, 2.05) is 48.5 Å². The lowest BCUT2D eigenvalue weighted by Crippen LogP contribution is -2.18. The highest BCUT2D eigenvalue weighted by atomic mass is 35.5. The van der Waals surface area contributed by atoms with Gasteiger partial charge in [-0.3, -0.25) is 4.99 Å². The van der Waals surface area contributed by atoms with Crippen LogP contribution in [0, 0.1) is 0 Å². The molecule has 1 aliphatic heterocycles. The summed E-state index contributed by atoms with van der Waals surface area (Å²) < 4.78 is 1.56. The molecule has 5 nitrogen and oxygen atoms in total. The molecule has 0 saturated carbocycles. The lowest BCUT2D eigenvalue weighted by Gasteiger charge is -2.11. The molecule has 22 heavy (non-hydrogen) atoms. The molecule has 6 heteroatoms. The van der Waals surface area contributed by atoms with Gasteiger partial charge in [0.15, 0.2) is 5.82 Å². The number of aromatic nitrogens is 3. The van der Waals surface area contributed by atoms with Gasteiger partial charge in [0.1, 0.15) is 6.54 Å². The number of benzene rings is 2. The topological polar surface area (TPSA) is 63.0 Å². The summed E-state index contributed by atoms with van der Waals surface area (Å²) in [6.07, 6.45) is 0. The Morgan fingerprint density at radius 1 is 1.05 bits per heavy atom. The first-order valence-electron chi connectivity index (χ1n) is 6.81. The highest BCUT2D eigenvalue weighted by Crippen LogP contribution is 2.26. The Labute approximate surface area is 130 Å². The normalized spacial score (nSPS) is 13.0. The summed E-state index contributed by atoms with van der Waals surface area (Å²) in [5.41, 5.74) is 2.97. The molecule has 108 valence electrons. The van der Waals surface area contributed by atoms with Crippen molar-refractivity contribution in [2.45, 2.75) is 6.54 Å². The minimum absolute atomic E-state index is 0.266. The Kier molecular flexibility index (Phi) is 2.94. The fourth-order valence-corrected chi connectivity index (χ4v) is 2.90. The summed E-state index contributed by atoms with van der Waals surface area (Å²) >= 11 is 6.32. The van der Waals surface area contributed by atoms with Crippen molar-refractivity contribution in [1.82, 2.24) is 14.8 Å². The molecule has 0 spiro atoms. The second kappa shape index (κ2) is 4.96. The second-order valence-electron chi connectivity index (χ2n) is 4.94. The summed E-state index contributed by atoms with van der Waals surface area (Å²) in [5.74, 6) is 0.583. The summed E-state index contributed by atoms with van der Waals surface area (Å²) in [6, 6.07) is 15.2. The van der Waals surface area contributed by atoms with E-state index >= 15 is 0 Å². The molecular formula is C16H11ClN4O. The predicted octanol–water partition coefficient (Wildman–Crippen LogP) is 2.57. The van der Waals surface area contributed by atoms with Crippen LogP contribution in [-0.2, 0) is 6.54 Å². The molecule has 0 amide bonds. The smallest absolute Gasteiger partial charge is 0.276 e. The number of hydrogen-bond acceptors (Lipinski definition) is 3. The number of nitrogens with zero attached hydrogens (tertiary/aromatic N) is 3. The molecule has 1 aliphatic rings. The number of para-hydroxylation sites is 1. The number of aromatic amines is 1. The Bertz CT molecular complexity index is 955. The quantitative estimate of drug-likeness (QED) is 0.751. The summed E-state index contributed by atoms with van der Waals surface area (Å²) in [6.45, 7) is 0.313. The van der Waals surface area contributed by atoms with Gasteiger partial charge in [0.2, 0.25) is 0 Å². The van der Waals surface area contributed by atoms with Crippen LogP contribution in [0.25, 0.3) is 5.69 Å². The van der Waals surface area contributed by atoms with Gasteiger partial charge in [-0.05, 0) is 12.1 Å². The first-order chi connectivity index (χ1) is 10.8. The molecule has 4 rings (SSSR count). The lowest BCUT2D eigenvalue weighted by molar-refractivity contribution is 0.862. The fourth-order valence-electron chi connectivity index (χ4n) is 2.67. The molecule has 2 aromatic carbocycles. The van der Waals surface area contributed by atoms with Gasteiger partial charge in [0, 0.05) is 16.1 Å². The lowest BCUT2D eigenvalue weighted by atomic mass is 10.0. The van der Waals surface area contributed by atoms with Crippen molar-refractivity contribution in [3.05, 3.63) is 81.0 Å².